The first kappa shape index (κ1) is 87.3. The maximum absolute atomic E-state index is 13.2. The van der Waals surface area contributed by atoms with E-state index in [1.165, 1.54) is 4.90 Å². The minimum Gasteiger partial charge on any atom is -0.382 e. The van der Waals surface area contributed by atoms with Crippen molar-refractivity contribution < 1.29 is 52.7 Å². The predicted octanol–water partition coefficient (Wildman–Crippen LogP) is 13.0. The molecule has 10 aliphatic heterocycles. The number of rotatable bonds is 6. The first-order chi connectivity index (χ1) is 68.4. The molecule has 0 spiro atoms. The molecular formula is C111H103N19O11. The highest BCUT2D eigenvalue weighted by Crippen LogP contribution is 2.51. The molecule has 0 radical (unpaired) electrons. The van der Waals surface area contributed by atoms with E-state index in [0.717, 1.165) is 177 Å². The number of hydrogen-bond donors (Lipinski definition) is 7. The smallest absolute Gasteiger partial charge is 0.245 e. The van der Waals surface area contributed by atoms with Gasteiger partial charge in [0.2, 0.25) is 59.1 Å². The van der Waals surface area contributed by atoms with Gasteiger partial charge in [-0.05, 0) is 105 Å². The summed E-state index contributed by atoms with van der Waals surface area (Å²) in [5, 5.41) is 10.0. The third-order valence-electron chi connectivity index (χ3n) is 31.0. The standard InChI is InChI=1S/2C24H22N4O2.2C23H20N4O2.C17H19N3O3/c1-26-13-21(29)28-20(24(26)30)12-16-15-8-4-5-9-17(15)25-22(16)23(28)19-11-14-7-3-6-10-18(14)27(19)2;1-26-12-17(15-8-4-6-10-19(15)26)23-22-16(14-7-3-5-9-18(14)25-22)11-20-24(30)27(2)13-21(29)28(20)23;1-26-12-20(28)27-19(23(26)29)10-15-13-6-3-5-9-18(13)25-21(15)22(27)16-11-24-17-8-4-2-7-14(16)17;1-26-12-20(28)27-19(23(26)29)11-15-14-7-3-5-9-17(14)25-21(15)22(27)18-10-13-6-2-4-8-16(13)24-18;1-19-8-15(21)20-13(17(19)22)7-11-10-5-3-4-6-12(10)18-16(11)14(20)9-23-2/h3-11,20,23,25H,12-13H2,1-2H3;3-10,12,20,23,25H,11,13H2,1-2H3;2-9,11,19,22,24-25H,10,12H2,1H3;2-10,19,22,24-25H,11-12H2,1H3;3-6,13-14,18H,7-9H2,1-2H3/t2*20-,23-;2*19-,22-;13-,14-/m11111/s1. The number of carbonyl (C=O) groups is 10. The van der Waals surface area contributed by atoms with Crippen LogP contribution in [0.3, 0.4) is 0 Å². The Bertz CT molecular complexity index is 8250. The molecule has 5 saturated heterocycles. The van der Waals surface area contributed by atoms with Gasteiger partial charge in [0.25, 0.3) is 0 Å². The lowest BCUT2D eigenvalue weighted by Gasteiger charge is -2.46. The highest BCUT2D eigenvalue weighted by atomic mass is 16.5. The third kappa shape index (κ3) is 13.9. The van der Waals surface area contributed by atoms with E-state index in [4.69, 9.17) is 4.74 Å². The van der Waals surface area contributed by atoms with E-state index in [0.29, 0.717) is 38.7 Å². The highest BCUT2D eigenvalue weighted by Gasteiger charge is 2.54. The molecule has 0 aliphatic carbocycles. The number of ether oxygens (including phenoxy) is 1. The Kier molecular flexibility index (Phi) is 20.9. The van der Waals surface area contributed by atoms with Crippen LogP contribution in [0.25, 0.3) is 98.1 Å². The number of fused-ring (bicyclic) bond motifs is 24. The first-order valence-electron chi connectivity index (χ1n) is 47.9. The fourth-order valence-electron chi connectivity index (χ4n) is 24.5. The van der Waals surface area contributed by atoms with Gasteiger partial charge in [-0.2, -0.15) is 0 Å². The summed E-state index contributed by atoms with van der Waals surface area (Å²) >= 11 is 0. The van der Waals surface area contributed by atoms with E-state index in [1.807, 2.05) is 164 Å². The van der Waals surface area contributed by atoms with Crippen LogP contribution in [0.5, 0.6) is 0 Å². The first-order valence-corrected chi connectivity index (χ1v) is 47.9. The molecule has 18 aromatic rings. The van der Waals surface area contributed by atoms with Crippen LogP contribution in [0, 0.1) is 0 Å². The molecule has 28 rings (SSSR count). The molecule has 30 heteroatoms. The fourth-order valence-corrected chi connectivity index (χ4v) is 24.5. The Morgan fingerprint density at radius 2 is 0.617 bits per heavy atom. The molecule has 708 valence electrons. The highest BCUT2D eigenvalue weighted by molar-refractivity contribution is 6.04. The number of H-pyrrole nitrogens is 7. The Morgan fingerprint density at radius 3 is 1.04 bits per heavy atom. The van der Waals surface area contributed by atoms with Crippen LogP contribution in [0.15, 0.2) is 243 Å². The minimum absolute atomic E-state index is 0.00151. The summed E-state index contributed by atoms with van der Waals surface area (Å²) in [6, 6.07) is 73.7. The van der Waals surface area contributed by atoms with Gasteiger partial charge in [-0.1, -0.05) is 164 Å². The summed E-state index contributed by atoms with van der Waals surface area (Å²) in [6.45, 7) is 0.965. The van der Waals surface area contributed by atoms with Crippen molar-refractivity contribution in [1.29, 1.82) is 0 Å². The monoisotopic (exact) mass is 1880 g/mol. The second-order valence-corrected chi connectivity index (χ2v) is 39.0. The summed E-state index contributed by atoms with van der Waals surface area (Å²) in [6.07, 6.45) is 6.77. The molecule has 10 aliphatic rings. The lowest BCUT2D eigenvalue weighted by atomic mass is 9.86. The van der Waals surface area contributed by atoms with E-state index in [2.05, 4.69) is 147 Å². The van der Waals surface area contributed by atoms with Crippen LogP contribution < -0.4 is 0 Å². The van der Waals surface area contributed by atoms with Gasteiger partial charge in [-0.3, -0.25) is 47.9 Å². The second-order valence-electron chi connectivity index (χ2n) is 39.0. The molecule has 0 unspecified atom stereocenters. The van der Waals surface area contributed by atoms with Gasteiger partial charge in [0.1, 0.15) is 54.4 Å². The Balaban J connectivity index is 0.0000000957. The number of nitrogens with zero attached hydrogens (tertiary/aromatic N) is 12. The molecule has 19 heterocycles. The van der Waals surface area contributed by atoms with Crippen molar-refractivity contribution in [3.63, 3.8) is 0 Å². The van der Waals surface area contributed by atoms with Gasteiger partial charge in [0, 0.05) is 239 Å². The summed E-state index contributed by atoms with van der Waals surface area (Å²) in [4.78, 5) is 171. The van der Waals surface area contributed by atoms with Gasteiger partial charge in [-0.15, -0.1) is 0 Å². The zero-order valence-electron chi connectivity index (χ0n) is 79.0. The van der Waals surface area contributed by atoms with Gasteiger partial charge in [0.05, 0.1) is 45.4 Å². The number of aromatic amines is 7. The van der Waals surface area contributed by atoms with Crippen molar-refractivity contribution in [3.8, 4) is 0 Å². The molecule has 5 fully saturated rings. The molecule has 0 bridgehead atoms. The van der Waals surface area contributed by atoms with Crippen LogP contribution in [-0.4, -0.2) is 264 Å². The minimum atomic E-state index is -0.482. The number of amides is 10. The summed E-state index contributed by atoms with van der Waals surface area (Å²) in [5.41, 5.74) is 24.2. The van der Waals surface area contributed by atoms with Crippen molar-refractivity contribution in [1.82, 2.24) is 93.0 Å². The predicted molar refractivity (Wildman–Crippen MR) is 536 cm³/mol. The quantitative estimate of drug-likeness (QED) is 0.0820. The number of piperazine rings is 5. The Hall–Kier alpha value is -16.5. The zero-order chi connectivity index (χ0) is 96.7. The van der Waals surface area contributed by atoms with Crippen LogP contribution in [0.2, 0.25) is 0 Å². The lowest BCUT2D eigenvalue weighted by Crippen LogP contribution is -2.62. The van der Waals surface area contributed by atoms with Gasteiger partial charge in [0.15, 0.2) is 0 Å². The van der Waals surface area contributed by atoms with Crippen molar-refractivity contribution in [2.24, 2.45) is 14.1 Å². The summed E-state index contributed by atoms with van der Waals surface area (Å²) in [7, 11) is 14.2. The van der Waals surface area contributed by atoms with Crippen molar-refractivity contribution in [3.05, 3.63) is 322 Å². The third-order valence-corrected chi connectivity index (χ3v) is 31.0. The maximum Gasteiger partial charge on any atom is 0.245 e. The maximum atomic E-state index is 13.2. The number of para-hydroxylation sites is 9. The Labute approximate surface area is 808 Å². The average Bonchev–Trinajstić information content (AvgIpc) is 1.60. The molecule has 141 heavy (non-hydrogen) atoms. The SMILES string of the molecule is CN1CC(=O)N2[C@H](c3c[nH]c4ccccc34)c3[nH]c4ccccc4c3C[C@@H]2C1=O.CN1CC(=O)N2[C@H](c3cc4ccccc4[nH]3)c3[nH]c4ccccc4c3C[C@@H]2C1=O.CN1CC(=O)N2[C@H](c3cc4ccccc4n3C)c3[nH]c4ccccc4c3C[C@@H]2C1=O.CN1CC(=O)N2[C@H](c3cn(C)c4ccccc34)c3[nH]c4ccccc4c3C[C@@H]2C1=O.COC[C@@H]1c2[nH]c3ccccc3c2C[C@@H]2C(=O)N(C)CC(=O)N21. The topological polar surface area (TPSA) is 333 Å². The molecule has 7 N–H and O–H groups in total. The van der Waals surface area contributed by atoms with E-state index in [1.54, 1.807) is 76.6 Å². The molecule has 0 saturated carbocycles. The van der Waals surface area contributed by atoms with E-state index in [-0.39, 0.29) is 122 Å². The average molecular weight is 1880 g/mol. The van der Waals surface area contributed by atoms with Gasteiger partial charge in [-0.25, -0.2) is 0 Å². The number of hydrogen-bond acceptors (Lipinski definition) is 11. The number of aryl methyl sites for hydroxylation is 2. The van der Waals surface area contributed by atoms with Crippen LogP contribution in [0.1, 0.15) is 109 Å². The fraction of sp³-hybridized carbons (Fsp3) is 0.261. The number of benzene rings is 9. The van der Waals surface area contributed by atoms with Crippen molar-refractivity contribution in [2.45, 2.75) is 92.5 Å². The van der Waals surface area contributed by atoms with Crippen LogP contribution in [-0.2, 0) is 98.9 Å². The van der Waals surface area contributed by atoms with E-state index >= 15 is 0 Å². The molecule has 30 nitrogen and oxygen atoms in total. The number of likely N-dealkylation sites (N-methyl/N-ethyl adjacent to an activating group) is 5. The van der Waals surface area contributed by atoms with Crippen molar-refractivity contribution >= 4 is 157 Å². The van der Waals surface area contributed by atoms with Gasteiger partial charge >= 0.3 is 0 Å². The van der Waals surface area contributed by atoms with Crippen LogP contribution >= 0.6 is 0 Å². The van der Waals surface area contributed by atoms with E-state index < -0.39 is 30.2 Å². The van der Waals surface area contributed by atoms with Crippen LogP contribution in [0.4, 0.5) is 0 Å². The number of carbonyl (C=O) groups excluding carboxylic acids is 10. The molecular weight excluding hydrogens is 1780 g/mol. The molecule has 10 amide bonds. The zero-order valence-corrected chi connectivity index (χ0v) is 79.0. The largest absolute Gasteiger partial charge is 0.382 e. The molecule has 9 aromatic carbocycles. The normalized spacial score (nSPS) is 22.0. The Morgan fingerprint density at radius 1 is 0.298 bits per heavy atom. The van der Waals surface area contributed by atoms with Gasteiger partial charge < -0.3 is 97.8 Å². The number of nitrogens with one attached hydrogen (secondary N) is 7. The van der Waals surface area contributed by atoms with Crippen molar-refractivity contribution in [2.75, 3.05) is 81.7 Å². The summed E-state index contributed by atoms with van der Waals surface area (Å²) < 4.78 is 9.60. The second kappa shape index (κ2) is 33.7. The lowest BCUT2D eigenvalue weighted by molar-refractivity contribution is -0.159. The summed E-state index contributed by atoms with van der Waals surface area (Å²) in [5.74, 6) is -0.0603. The molecule has 9 aromatic heterocycles. The molecule has 10 atom stereocenters. The van der Waals surface area contributed by atoms with E-state index in [9.17, 15) is 47.9 Å². The number of aromatic nitrogens is 9. The number of methoxy groups -OCH3 is 1.